The number of anilines is 1. The zero-order chi connectivity index (χ0) is 12.8. The van der Waals surface area contributed by atoms with Gasteiger partial charge < -0.3 is 5.32 Å². The van der Waals surface area contributed by atoms with Crippen LogP contribution in [0.4, 0.5) is 5.69 Å². The SMILES string of the molecule is CC(C)CCC(C)Nc1cc(Cl)ccc1C#N. The highest BCUT2D eigenvalue weighted by Gasteiger charge is 2.07. The average molecular weight is 251 g/mol. The molecule has 92 valence electrons. The zero-order valence-corrected chi connectivity index (χ0v) is 11.4. The van der Waals surface area contributed by atoms with Gasteiger partial charge in [0.15, 0.2) is 0 Å². The van der Waals surface area contributed by atoms with E-state index < -0.39 is 0 Å². The van der Waals surface area contributed by atoms with Crippen molar-refractivity contribution in [2.45, 2.75) is 39.7 Å². The predicted molar refractivity (Wildman–Crippen MR) is 73.3 cm³/mol. The number of nitrogens with one attached hydrogen (secondary N) is 1. The molecular weight excluding hydrogens is 232 g/mol. The largest absolute Gasteiger partial charge is 0.381 e. The summed E-state index contributed by atoms with van der Waals surface area (Å²) in [5.41, 5.74) is 1.47. The van der Waals surface area contributed by atoms with Crippen LogP contribution in [0.1, 0.15) is 39.2 Å². The fourth-order valence-corrected chi connectivity index (χ4v) is 1.83. The lowest BCUT2D eigenvalue weighted by molar-refractivity contribution is 0.527. The van der Waals surface area contributed by atoms with E-state index in [2.05, 4.69) is 32.2 Å². The maximum atomic E-state index is 9.01. The van der Waals surface area contributed by atoms with E-state index in [0.29, 0.717) is 22.5 Å². The second kappa shape index (κ2) is 6.51. The van der Waals surface area contributed by atoms with Gasteiger partial charge in [-0.25, -0.2) is 0 Å². The topological polar surface area (TPSA) is 35.8 Å². The molecule has 0 fully saturated rings. The number of nitrogens with zero attached hydrogens (tertiary/aromatic N) is 1. The van der Waals surface area contributed by atoms with Crippen LogP contribution in [0.25, 0.3) is 0 Å². The first-order valence-electron chi connectivity index (χ1n) is 5.99. The van der Waals surface area contributed by atoms with Crippen molar-refractivity contribution >= 4 is 17.3 Å². The molecule has 1 atom stereocenters. The third-order valence-corrected chi connectivity index (χ3v) is 2.92. The van der Waals surface area contributed by atoms with Crippen LogP contribution in [-0.2, 0) is 0 Å². The van der Waals surface area contributed by atoms with Gasteiger partial charge in [0.05, 0.1) is 11.3 Å². The fraction of sp³-hybridized carbons (Fsp3) is 0.500. The van der Waals surface area contributed by atoms with E-state index in [1.54, 1.807) is 12.1 Å². The third kappa shape index (κ3) is 4.66. The molecule has 2 nitrogen and oxygen atoms in total. The van der Waals surface area contributed by atoms with Crippen LogP contribution in [-0.4, -0.2) is 6.04 Å². The molecule has 0 bridgehead atoms. The minimum absolute atomic E-state index is 0.350. The molecule has 0 aliphatic rings. The Balaban J connectivity index is 2.67. The normalized spacial score (nSPS) is 12.2. The Hall–Kier alpha value is -1.20. The first-order valence-corrected chi connectivity index (χ1v) is 6.37. The van der Waals surface area contributed by atoms with E-state index in [1.807, 2.05) is 6.07 Å². The summed E-state index contributed by atoms with van der Waals surface area (Å²) in [5.74, 6) is 0.703. The molecule has 3 heteroatoms. The lowest BCUT2D eigenvalue weighted by atomic mass is 10.0. The molecule has 0 aliphatic heterocycles. The van der Waals surface area contributed by atoms with Gasteiger partial charge in [0.25, 0.3) is 0 Å². The van der Waals surface area contributed by atoms with E-state index in [-0.39, 0.29) is 0 Å². The summed E-state index contributed by atoms with van der Waals surface area (Å²) < 4.78 is 0. The molecule has 1 unspecified atom stereocenters. The Morgan fingerprint density at radius 1 is 1.29 bits per heavy atom. The Labute approximate surface area is 109 Å². The fourth-order valence-electron chi connectivity index (χ4n) is 1.65. The lowest BCUT2D eigenvalue weighted by Gasteiger charge is -2.17. The number of benzene rings is 1. The highest BCUT2D eigenvalue weighted by molar-refractivity contribution is 6.30. The molecule has 0 saturated carbocycles. The molecule has 0 spiro atoms. The van der Waals surface area contributed by atoms with Crippen LogP contribution in [0.15, 0.2) is 18.2 Å². The standard InChI is InChI=1S/C14H19ClN2/c1-10(2)4-5-11(3)17-14-8-13(15)7-6-12(14)9-16/h6-8,10-11,17H,4-5H2,1-3H3. The van der Waals surface area contributed by atoms with Gasteiger partial charge in [-0.2, -0.15) is 5.26 Å². The Bertz CT molecular complexity index is 407. The number of rotatable bonds is 5. The second-order valence-corrected chi connectivity index (χ2v) is 5.25. The van der Waals surface area contributed by atoms with Crippen molar-refractivity contribution in [3.63, 3.8) is 0 Å². The lowest BCUT2D eigenvalue weighted by Crippen LogP contribution is -2.16. The molecule has 1 rings (SSSR count). The van der Waals surface area contributed by atoms with E-state index in [4.69, 9.17) is 16.9 Å². The monoisotopic (exact) mass is 250 g/mol. The number of hydrogen-bond donors (Lipinski definition) is 1. The highest BCUT2D eigenvalue weighted by Crippen LogP contribution is 2.22. The molecule has 1 aromatic rings. The maximum absolute atomic E-state index is 9.01. The molecular formula is C14H19ClN2. The molecule has 1 N–H and O–H groups in total. The van der Waals surface area contributed by atoms with Gasteiger partial charge in [-0.15, -0.1) is 0 Å². The van der Waals surface area contributed by atoms with Gasteiger partial charge in [0, 0.05) is 11.1 Å². The van der Waals surface area contributed by atoms with Crippen LogP contribution in [0.5, 0.6) is 0 Å². The molecule has 0 aromatic heterocycles. The highest BCUT2D eigenvalue weighted by atomic mass is 35.5. The van der Waals surface area contributed by atoms with Crippen molar-refractivity contribution in [2.24, 2.45) is 5.92 Å². The summed E-state index contributed by atoms with van der Waals surface area (Å²) in [6, 6.07) is 7.82. The molecule has 17 heavy (non-hydrogen) atoms. The Morgan fingerprint density at radius 2 is 2.00 bits per heavy atom. The van der Waals surface area contributed by atoms with Gasteiger partial charge in [-0.3, -0.25) is 0 Å². The molecule has 0 aliphatic carbocycles. The van der Waals surface area contributed by atoms with E-state index in [0.717, 1.165) is 12.1 Å². The van der Waals surface area contributed by atoms with Crippen molar-refractivity contribution in [3.05, 3.63) is 28.8 Å². The van der Waals surface area contributed by atoms with Crippen molar-refractivity contribution in [1.82, 2.24) is 0 Å². The first kappa shape index (κ1) is 13.9. The minimum atomic E-state index is 0.350. The van der Waals surface area contributed by atoms with E-state index >= 15 is 0 Å². The molecule has 1 aromatic carbocycles. The number of hydrogen-bond acceptors (Lipinski definition) is 2. The van der Waals surface area contributed by atoms with Crippen molar-refractivity contribution in [2.75, 3.05) is 5.32 Å². The zero-order valence-electron chi connectivity index (χ0n) is 10.6. The third-order valence-electron chi connectivity index (χ3n) is 2.68. The first-order chi connectivity index (χ1) is 8.02. The van der Waals surface area contributed by atoms with Gasteiger partial charge in [-0.05, 0) is 43.9 Å². The van der Waals surface area contributed by atoms with Crippen LogP contribution < -0.4 is 5.32 Å². The van der Waals surface area contributed by atoms with Gasteiger partial charge in [0.2, 0.25) is 0 Å². The molecule has 0 amide bonds. The number of nitriles is 1. The van der Waals surface area contributed by atoms with E-state index in [9.17, 15) is 0 Å². The number of halogens is 1. The predicted octanol–water partition coefficient (Wildman–Crippen LogP) is 4.45. The van der Waals surface area contributed by atoms with Crippen molar-refractivity contribution in [3.8, 4) is 6.07 Å². The molecule has 0 radical (unpaired) electrons. The summed E-state index contributed by atoms with van der Waals surface area (Å²) >= 11 is 5.94. The Kier molecular flexibility index (Phi) is 5.31. The average Bonchev–Trinajstić information content (AvgIpc) is 2.27. The quantitative estimate of drug-likeness (QED) is 0.838. The second-order valence-electron chi connectivity index (χ2n) is 4.82. The smallest absolute Gasteiger partial charge is 0.101 e. The van der Waals surface area contributed by atoms with Crippen molar-refractivity contribution < 1.29 is 0 Å². The Morgan fingerprint density at radius 3 is 2.59 bits per heavy atom. The van der Waals surface area contributed by atoms with Crippen molar-refractivity contribution in [1.29, 1.82) is 5.26 Å². The van der Waals surface area contributed by atoms with Gasteiger partial charge >= 0.3 is 0 Å². The maximum Gasteiger partial charge on any atom is 0.101 e. The summed E-state index contributed by atoms with van der Waals surface area (Å²) in [5, 5.41) is 13.0. The summed E-state index contributed by atoms with van der Waals surface area (Å²) in [4.78, 5) is 0. The summed E-state index contributed by atoms with van der Waals surface area (Å²) in [6.07, 6.45) is 2.27. The van der Waals surface area contributed by atoms with Crippen LogP contribution in [0.2, 0.25) is 5.02 Å². The van der Waals surface area contributed by atoms with Gasteiger partial charge in [0.1, 0.15) is 6.07 Å². The van der Waals surface area contributed by atoms with Crippen LogP contribution >= 0.6 is 11.6 Å². The van der Waals surface area contributed by atoms with Crippen LogP contribution in [0, 0.1) is 17.2 Å². The van der Waals surface area contributed by atoms with E-state index in [1.165, 1.54) is 6.42 Å². The van der Waals surface area contributed by atoms with Gasteiger partial charge in [-0.1, -0.05) is 25.4 Å². The minimum Gasteiger partial charge on any atom is -0.381 e. The summed E-state index contributed by atoms with van der Waals surface area (Å²) in [6.45, 7) is 6.56. The van der Waals surface area contributed by atoms with Crippen LogP contribution in [0.3, 0.4) is 0 Å². The molecule has 0 heterocycles. The molecule has 0 saturated heterocycles. The summed E-state index contributed by atoms with van der Waals surface area (Å²) in [7, 11) is 0.